The van der Waals surface area contributed by atoms with Gasteiger partial charge in [-0.15, -0.1) is 0 Å². The Labute approximate surface area is 190 Å². The fourth-order valence-corrected chi connectivity index (χ4v) is 7.51. The van der Waals surface area contributed by atoms with Gasteiger partial charge >= 0.3 is 0 Å². The number of sulfonamides is 1. The van der Waals surface area contributed by atoms with Gasteiger partial charge in [0.15, 0.2) is 9.84 Å². The van der Waals surface area contributed by atoms with E-state index in [4.69, 9.17) is 11.6 Å². The van der Waals surface area contributed by atoms with Crippen LogP contribution in [0.3, 0.4) is 0 Å². The normalized spacial score (nSPS) is 22.5. The second-order valence-electron chi connectivity index (χ2n) is 8.04. The van der Waals surface area contributed by atoms with Crippen LogP contribution in [0, 0.1) is 0 Å². The molecule has 1 aromatic rings. The third-order valence-electron chi connectivity index (χ3n) is 5.96. The molecule has 0 spiro atoms. The molecule has 1 aromatic carbocycles. The highest BCUT2D eigenvalue weighted by atomic mass is 35.5. The summed E-state index contributed by atoms with van der Waals surface area (Å²) in [5.74, 6) is -0.450. The minimum Gasteiger partial charge on any atom is -0.335 e. The van der Waals surface area contributed by atoms with Gasteiger partial charge in [0, 0.05) is 38.8 Å². The quantitative estimate of drug-likeness (QED) is 0.576. The first-order valence-corrected chi connectivity index (χ1v) is 14.3. The average Bonchev–Trinajstić information content (AvgIpc) is 3.11. The van der Waals surface area contributed by atoms with E-state index in [1.54, 1.807) is 0 Å². The summed E-state index contributed by atoms with van der Waals surface area (Å²) in [5, 5.41) is 0.154. The molecule has 0 bridgehead atoms. The topological polar surface area (TPSA) is 95.1 Å². The Bertz CT molecular complexity index is 1020. The number of hydrogen-bond donors (Lipinski definition) is 0. The van der Waals surface area contributed by atoms with Gasteiger partial charge in [-0.2, -0.15) is 4.31 Å². The summed E-state index contributed by atoms with van der Waals surface area (Å²) in [5.41, 5.74) is 0.0904. The molecule has 0 saturated carbocycles. The van der Waals surface area contributed by atoms with Gasteiger partial charge in [0.2, 0.25) is 10.0 Å². The van der Waals surface area contributed by atoms with Crippen molar-refractivity contribution in [2.75, 3.05) is 50.8 Å². The van der Waals surface area contributed by atoms with Crippen molar-refractivity contribution in [2.45, 2.75) is 37.6 Å². The predicted octanol–water partition coefficient (Wildman–Crippen LogP) is 1.71. The molecule has 1 amide bonds. The van der Waals surface area contributed by atoms with Crippen LogP contribution in [0.4, 0.5) is 0 Å². The number of amides is 1. The van der Waals surface area contributed by atoms with Crippen LogP contribution in [0.2, 0.25) is 5.02 Å². The minimum absolute atomic E-state index is 0.0284. The molecule has 174 valence electrons. The molecule has 0 aromatic heterocycles. The molecule has 2 aliphatic rings. The summed E-state index contributed by atoms with van der Waals surface area (Å²) in [7, 11) is -6.93. The minimum atomic E-state index is -3.76. The van der Waals surface area contributed by atoms with E-state index in [1.807, 2.05) is 13.8 Å². The Morgan fingerprint density at radius 3 is 2.42 bits per heavy atom. The maximum absolute atomic E-state index is 13.3. The molecule has 0 radical (unpaired) electrons. The molecule has 2 fully saturated rings. The second-order valence-corrected chi connectivity index (χ2v) is 12.6. The highest BCUT2D eigenvalue weighted by molar-refractivity contribution is 7.91. The van der Waals surface area contributed by atoms with Gasteiger partial charge in [-0.05, 0) is 37.6 Å². The van der Waals surface area contributed by atoms with Crippen LogP contribution >= 0.6 is 11.6 Å². The van der Waals surface area contributed by atoms with Crippen molar-refractivity contribution in [3.63, 3.8) is 0 Å². The lowest BCUT2D eigenvalue weighted by atomic mass is 10.1. The molecule has 1 atom stereocenters. The molecule has 3 rings (SSSR count). The first-order chi connectivity index (χ1) is 14.6. The molecule has 31 heavy (non-hydrogen) atoms. The number of halogens is 1. The summed E-state index contributed by atoms with van der Waals surface area (Å²) in [6, 6.07) is 3.76. The first-order valence-electron chi connectivity index (χ1n) is 10.6. The Morgan fingerprint density at radius 1 is 1.19 bits per heavy atom. The Morgan fingerprint density at radius 2 is 1.87 bits per heavy atom. The number of likely N-dealkylation sites (N-methyl/N-ethyl adjacent to an activating group) is 1. The summed E-state index contributed by atoms with van der Waals surface area (Å²) in [4.78, 5) is 17.1. The van der Waals surface area contributed by atoms with E-state index in [1.165, 1.54) is 27.4 Å². The Hall–Kier alpha value is -1.20. The summed E-state index contributed by atoms with van der Waals surface area (Å²) < 4.78 is 51.6. The summed E-state index contributed by atoms with van der Waals surface area (Å²) >= 11 is 6.29. The smallest absolute Gasteiger partial charge is 0.255 e. The number of carbonyl (C=O) groups is 1. The first kappa shape index (κ1) is 24.4. The molecule has 11 heteroatoms. The monoisotopic (exact) mass is 491 g/mol. The number of piperazine rings is 1. The van der Waals surface area contributed by atoms with Crippen LogP contribution in [0.25, 0.3) is 0 Å². The maximum atomic E-state index is 13.3. The van der Waals surface area contributed by atoms with Crippen LogP contribution < -0.4 is 0 Å². The lowest BCUT2D eigenvalue weighted by molar-refractivity contribution is 0.0697. The third-order valence-corrected chi connectivity index (χ3v) is 9.93. The lowest BCUT2D eigenvalue weighted by Gasteiger charge is -2.33. The van der Waals surface area contributed by atoms with Gasteiger partial charge in [0.05, 0.1) is 27.0 Å². The van der Waals surface area contributed by atoms with E-state index in [2.05, 4.69) is 4.90 Å². The molecule has 2 heterocycles. The van der Waals surface area contributed by atoms with Gasteiger partial charge in [-0.25, -0.2) is 16.8 Å². The standard InChI is InChI=1S/C20H30ClN3O5S2/c1-3-8-24(16-7-13-30(26,27)15-16)20(25)18-14-17(5-6-19(18)21)31(28,29)23-11-9-22(4-2)10-12-23/h5-6,14,16H,3-4,7-13,15H2,1-2H3/t16-/m0/s1. The Balaban J connectivity index is 1.88. The number of hydrogen-bond acceptors (Lipinski definition) is 6. The molecule has 0 N–H and O–H groups in total. The zero-order chi connectivity index (χ0) is 22.8. The van der Waals surface area contributed by atoms with Crippen molar-refractivity contribution in [3.8, 4) is 0 Å². The molecule has 8 nitrogen and oxygen atoms in total. The van der Waals surface area contributed by atoms with E-state index in [-0.39, 0.29) is 27.0 Å². The second kappa shape index (κ2) is 9.74. The fourth-order valence-electron chi connectivity index (χ4n) is 4.13. The maximum Gasteiger partial charge on any atom is 0.255 e. The highest BCUT2D eigenvalue weighted by Gasteiger charge is 2.36. The number of nitrogens with zero attached hydrogens (tertiary/aromatic N) is 3. The number of sulfone groups is 1. The van der Waals surface area contributed by atoms with Gasteiger partial charge in [-0.1, -0.05) is 25.4 Å². The van der Waals surface area contributed by atoms with Crippen molar-refractivity contribution >= 4 is 37.4 Å². The number of benzene rings is 1. The van der Waals surface area contributed by atoms with Crippen LogP contribution in [0.15, 0.2) is 23.1 Å². The van der Waals surface area contributed by atoms with Gasteiger partial charge in [0.25, 0.3) is 5.91 Å². The van der Waals surface area contributed by atoms with Gasteiger partial charge in [-0.3, -0.25) is 4.79 Å². The number of carbonyl (C=O) groups excluding carboxylic acids is 1. The largest absolute Gasteiger partial charge is 0.335 e. The molecule has 2 aliphatic heterocycles. The molecular weight excluding hydrogens is 462 g/mol. The van der Waals surface area contributed by atoms with E-state index >= 15 is 0 Å². The SMILES string of the molecule is CCCN(C(=O)c1cc(S(=O)(=O)N2CCN(CC)CC2)ccc1Cl)[C@H]1CCS(=O)(=O)C1. The van der Waals surface area contributed by atoms with Crippen LogP contribution in [-0.4, -0.2) is 93.7 Å². The zero-order valence-electron chi connectivity index (χ0n) is 18.0. The van der Waals surface area contributed by atoms with Crippen molar-refractivity contribution < 1.29 is 21.6 Å². The molecule has 0 unspecified atom stereocenters. The fraction of sp³-hybridized carbons (Fsp3) is 0.650. The lowest BCUT2D eigenvalue weighted by Crippen LogP contribution is -2.48. The van der Waals surface area contributed by atoms with E-state index in [0.717, 1.165) is 6.54 Å². The summed E-state index contributed by atoms with van der Waals surface area (Å²) in [6.07, 6.45) is 1.03. The van der Waals surface area contributed by atoms with Crippen molar-refractivity contribution in [1.82, 2.24) is 14.1 Å². The average molecular weight is 492 g/mol. The van der Waals surface area contributed by atoms with Crippen molar-refractivity contribution in [2.24, 2.45) is 0 Å². The zero-order valence-corrected chi connectivity index (χ0v) is 20.3. The van der Waals surface area contributed by atoms with Crippen molar-refractivity contribution in [1.29, 1.82) is 0 Å². The molecule has 0 aliphatic carbocycles. The molecule has 2 saturated heterocycles. The highest BCUT2D eigenvalue weighted by Crippen LogP contribution is 2.27. The van der Waals surface area contributed by atoms with Crippen molar-refractivity contribution in [3.05, 3.63) is 28.8 Å². The van der Waals surface area contributed by atoms with E-state index in [9.17, 15) is 21.6 Å². The Kier molecular flexibility index (Phi) is 7.68. The van der Waals surface area contributed by atoms with E-state index < -0.39 is 31.8 Å². The predicted molar refractivity (Wildman–Crippen MR) is 121 cm³/mol. The van der Waals surface area contributed by atoms with Crippen LogP contribution in [-0.2, 0) is 19.9 Å². The van der Waals surface area contributed by atoms with E-state index in [0.29, 0.717) is 45.6 Å². The van der Waals surface area contributed by atoms with Gasteiger partial charge < -0.3 is 9.80 Å². The summed E-state index contributed by atoms with van der Waals surface area (Å²) in [6.45, 7) is 7.31. The van der Waals surface area contributed by atoms with Crippen LogP contribution in [0.1, 0.15) is 37.0 Å². The third kappa shape index (κ3) is 5.42. The number of rotatable bonds is 7. The van der Waals surface area contributed by atoms with Gasteiger partial charge in [0.1, 0.15) is 0 Å². The van der Waals surface area contributed by atoms with Crippen LogP contribution in [0.5, 0.6) is 0 Å². The molecular formula is C20H30ClN3O5S2.